The molecule has 0 saturated carbocycles. The number of esters is 1. The average molecular weight is 551 g/mol. The number of likely N-dealkylation sites (tertiary alicyclic amines) is 1. The molecular formula is C20H27N2O3Pb. The number of nitrogens with one attached hydrogen (secondary N) is 1. The predicted molar refractivity (Wildman–Crippen MR) is 104 cm³/mol. The van der Waals surface area contributed by atoms with Crippen LogP contribution in [0.5, 0.6) is 0 Å². The SMILES string of the molecule is CC#CCNC.COC(=O)C1CCCCN1C(=O)[CH]([Pb])c1ccccc1. The van der Waals surface area contributed by atoms with Gasteiger partial charge >= 0.3 is 135 Å². The van der Waals surface area contributed by atoms with Crippen LogP contribution < -0.4 is 5.32 Å². The van der Waals surface area contributed by atoms with Crippen molar-refractivity contribution >= 4 is 37.6 Å². The van der Waals surface area contributed by atoms with Crippen LogP contribution in [-0.2, 0) is 14.3 Å². The summed E-state index contributed by atoms with van der Waals surface area (Å²) in [6.07, 6.45) is 2.64. The van der Waals surface area contributed by atoms with Crippen LogP contribution in [0.3, 0.4) is 0 Å². The van der Waals surface area contributed by atoms with Gasteiger partial charge in [-0.3, -0.25) is 0 Å². The van der Waals surface area contributed by atoms with Crippen LogP contribution in [-0.4, -0.2) is 75.8 Å². The van der Waals surface area contributed by atoms with E-state index in [0.717, 1.165) is 50.7 Å². The van der Waals surface area contributed by atoms with Crippen LogP contribution in [0.15, 0.2) is 30.3 Å². The number of rotatable bonds is 4. The van der Waals surface area contributed by atoms with Crippen molar-refractivity contribution < 1.29 is 14.3 Å². The van der Waals surface area contributed by atoms with Crippen molar-refractivity contribution in [2.75, 3.05) is 27.2 Å². The van der Waals surface area contributed by atoms with E-state index in [2.05, 4.69) is 17.2 Å². The second kappa shape index (κ2) is 12.9. The van der Waals surface area contributed by atoms with Gasteiger partial charge in [0.1, 0.15) is 0 Å². The van der Waals surface area contributed by atoms with Gasteiger partial charge in [0.15, 0.2) is 0 Å². The van der Waals surface area contributed by atoms with Gasteiger partial charge in [0.05, 0.1) is 6.54 Å². The normalized spacial score (nSPS) is 17.1. The monoisotopic (exact) mass is 551 g/mol. The van der Waals surface area contributed by atoms with Gasteiger partial charge in [-0.05, 0) is 14.0 Å². The summed E-state index contributed by atoms with van der Waals surface area (Å²) in [6, 6.07) is 9.39. The van der Waals surface area contributed by atoms with Gasteiger partial charge in [-0.1, -0.05) is 5.92 Å². The van der Waals surface area contributed by atoms with E-state index in [4.69, 9.17) is 4.74 Å². The molecule has 6 heteroatoms. The first-order valence-corrected chi connectivity index (χ1v) is 11.0. The van der Waals surface area contributed by atoms with Crippen molar-refractivity contribution in [3.8, 4) is 11.8 Å². The van der Waals surface area contributed by atoms with E-state index in [1.54, 1.807) is 4.90 Å². The van der Waals surface area contributed by atoms with Gasteiger partial charge in [-0.25, -0.2) is 0 Å². The summed E-state index contributed by atoms with van der Waals surface area (Å²) in [7, 11) is 3.26. The summed E-state index contributed by atoms with van der Waals surface area (Å²) in [4.78, 5) is 26.2. The summed E-state index contributed by atoms with van der Waals surface area (Å²) in [5, 5.41) is 2.90. The molecule has 2 atom stereocenters. The fraction of sp³-hybridized carbons (Fsp3) is 0.500. The van der Waals surface area contributed by atoms with E-state index >= 15 is 0 Å². The first kappa shape index (κ1) is 22.6. The summed E-state index contributed by atoms with van der Waals surface area (Å²) >= 11 is 0.739. The van der Waals surface area contributed by atoms with Crippen LogP contribution in [0.4, 0.5) is 0 Å². The van der Waals surface area contributed by atoms with Gasteiger partial charge in [0.25, 0.3) is 0 Å². The summed E-state index contributed by atoms with van der Waals surface area (Å²) in [5.74, 6) is 5.37. The van der Waals surface area contributed by atoms with Crippen molar-refractivity contribution in [1.82, 2.24) is 10.2 Å². The number of hydrogen-bond donors (Lipinski definition) is 1. The molecule has 1 amide bonds. The number of ether oxygens (including phenoxy) is 1. The summed E-state index contributed by atoms with van der Waals surface area (Å²) in [5.41, 5.74) is 1.04. The van der Waals surface area contributed by atoms with Gasteiger partial charge in [-0.15, -0.1) is 5.92 Å². The first-order chi connectivity index (χ1) is 12.6. The molecule has 5 nitrogen and oxygen atoms in total. The molecule has 1 saturated heterocycles. The molecule has 3 radical (unpaired) electrons. The zero-order valence-corrected chi connectivity index (χ0v) is 19.6. The zero-order chi connectivity index (χ0) is 19.4. The van der Waals surface area contributed by atoms with Gasteiger partial charge in [0.2, 0.25) is 0 Å². The van der Waals surface area contributed by atoms with E-state index in [1.165, 1.54) is 7.11 Å². The van der Waals surface area contributed by atoms with E-state index in [0.29, 0.717) is 13.0 Å². The molecule has 1 N–H and O–H groups in total. The van der Waals surface area contributed by atoms with Gasteiger partial charge < -0.3 is 5.32 Å². The Morgan fingerprint density at radius 2 is 2.04 bits per heavy atom. The molecule has 1 aromatic rings. The Morgan fingerprint density at radius 3 is 2.58 bits per heavy atom. The van der Waals surface area contributed by atoms with Crippen LogP contribution in [0.25, 0.3) is 0 Å². The molecular weight excluding hydrogens is 523 g/mol. The molecule has 139 valence electrons. The number of methoxy groups -OCH3 is 1. The van der Waals surface area contributed by atoms with E-state index in [1.807, 2.05) is 44.3 Å². The minimum atomic E-state index is -0.401. The third-order valence-electron chi connectivity index (χ3n) is 4.08. The van der Waals surface area contributed by atoms with Crippen LogP contribution in [0, 0.1) is 11.8 Å². The average Bonchev–Trinajstić information content (AvgIpc) is 2.71. The standard InChI is InChI=1S/C15H18NO3.C5H9N.Pb/c1-19-15(18)13-9-5-6-10-16(13)14(17)11-12-7-3-2-4-8-12;1-3-4-5-6-2;/h2-4,7-8,11,13H,5-6,9-10H2,1H3;6H,5H2,1-2H3;. The Hall–Kier alpha value is -1.40. The van der Waals surface area contributed by atoms with E-state index in [-0.39, 0.29) is 15.4 Å². The molecule has 0 bridgehead atoms. The van der Waals surface area contributed by atoms with Gasteiger partial charge in [-0.2, -0.15) is 0 Å². The molecule has 1 aromatic carbocycles. The Morgan fingerprint density at radius 1 is 1.35 bits per heavy atom. The number of nitrogens with zero attached hydrogens (tertiary/aromatic N) is 1. The van der Waals surface area contributed by atoms with Crippen LogP contribution in [0.2, 0.25) is 0 Å². The van der Waals surface area contributed by atoms with Crippen molar-refractivity contribution in [1.29, 1.82) is 0 Å². The molecule has 1 heterocycles. The summed E-state index contributed by atoms with van der Waals surface area (Å²) < 4.78 is 4.74. The number of carbonyl (C=O) groups excluding carboxylic acids is 2. The minimum absolute atomic E-state index is 0.0676. The van der Waals surface area contributed by atoms with Crippen molar-refractivity contribution in [2.24, 2.45) is 0 Å². The van der Waals surface area contributed by atoms with Crippen LogP contribution >= 0.6 is 0 Å². The number of piperidine rings is 1. The molecule has 0 aliphatic carbocycles. The third kappa shape index (κ3) is 7.08. The maximum atomic E-state index is 12.7. The number of amides is 1. The van der Waals surface area contributed by atoms with Crippen molar-refractivity contribution in [2.45, 2.75) is 35.7 Å². The van der Waals surface area contributed by atoms with E-state index in [9.17, 15) is 9.59 Å². The number of benzene rings is 1. The topological polar surface area (TPSA) is 58.6 Å². The molecule has 1 fully saturated rings. The fourth-order valence-electron chi connectivity index (χ4n) is 2.71. The quantitative estimate of drug-likeness (QED) is 0.352. The first-order valence-electron chi connectivity index (χ1n) is 8.75. The Bertz CT molecular complexity index is 625. The number of hydrogen-bond acceptors (Lipinski definition) is 4. The zero-order valence-electron chi connectivity index (χ0n) is 15.7. The Balaban J connectivity index is 0.000000487. The second-order valence-corrected chi connectivity index (χ2v) is 8.11. The number of carbonyl (C=O) groups is 2. The Kier molecular flexibility index (Phi) is 11.2. The second-order valence-electron chi connectivity index (χ2n) is 5.87. The molecule has 26 heavy (non-hydrogen) atoms. The molecule has 0 aromatic heterocycles. The maximum absolute atomic E-state index is 12.7. The van der Waals surface area contributed by atoms with E-state index < -0.39 is 6.04 Å². The Labute approximate surface area is 172 Å². The molecule has 0 spiro atoms. The molecule has 2 rings (SSSR count). The molecule has 2 unspecified atom stereocenters. The fourth-order valence-corrected chi connectivity index (χ4v) is 4.10. The van der Waals surface area contributed by atoms with Crippen LogP contribution in [0.1, 0.15) is 35.2 Å². The van der Waals surface area contributed by atoms with Gasteiger partial charge in [0, 0.05) is 0 Å². The predicted octanol–water partition coefficient (Wildman–Crippen LogP) is 1.68. The van der Waals surface area contributed by atoms with Crippen molar-refractivity contribution in [3.05, 3.63) is 35.9 Å². The van der Waals surface area contributed by atoms with Crippen molar-refractivity contribution in [3.63, 3.8) is 0 Å². The third-order valence-corrected chi connectivity index (χ3v) is 6.34. The summed E-state index contributed by atoms with van der Waals surface area (Å²) in [6.45, 7) is 3.29. The molecule has 1 aliphatic heterocycles. The molecule has 1 aliphatic rings.